The predicted octanol–water partition coefficient (Wildman–Crippen LogP) is 14.4. The van der Waals surface area contributed by atoms with Gasteiger partial charge in [-0.2, -0.15) is 0 Å². The summed E-state index contributed by atoms with van der Waals surface area (Å²) in [5.41, 5.74) is 12.0. The maximum Gasteiger partial charge on any atom is 0.160 e. The highest BCUT2D eigenvalue weighted by Gasteiger charge is 2.23. The molecule has 51 heavy (non-hydrogen) atoms. The molecule has 2 aromatic heterocycles. The van der Waals surface area contributed by atoms with Gasteiger partial charge in [0.15, 0.2) is 5.58 Å². The van der Waals surface area contributed by atoms with Crippen molar-refractivity contribution in [3.63, 3.8) is 0 Å². The third-order valence-electron chi connectivity index (χ3n) is 9.88. The Bertz CT molecular complexity index is 2850. The van der Waals surface area contributed by atoms with E-state index in [2.05, 4.69) is 187 Å². The zero-order valence-electron chi connectivity index (χ0n) is 27.7. The van der Waals surface area contributed by atoms with Crippen LogP contribution in [0.3, 0.4) is 0 Å². The highest BCUT2D eigenvalue weighted by molar-refractivity contribution is 7.26. The van der Waals surface area contributed by atoms with Gasteiger partial charge in [-0.1, -0.05) is 146 Å². The number of thiophene rings is 1. The lowest BCUT2D eigenvalue weighted by Crippen LogP contribution is -2.10. The quantitative estimate of drug-likeness (QED) is 0.175. The van der Waals surface area contributed by atoms with E-state index in [1.54, 1.807) is 0 Å². The second-order valence-corrected chi connectivity index (χ2v) is 13.9. The molecule has 0 bridgehead atoms. The van der Waals surface area contributed by atoms with Crippen molar-refractivity contribution in [3.05, 3.63) is 188 Å². The van der Waals surface area contributed by atoms with Crippen LogP contribution in [0.25, 0.3) is 75.5 Å². The van der Waals surface area contributed by atoms with Crippen LogP contribution in [0.2, 0.25) is 0 Å². The number of furan rings is 1. The zero-order valence-corrected chi connectivity index (χ0v) is 28.5. The minimum absolute atomic E-state index is 0.863. The Hall–Kier alpha value is -6.42. The van der Waals surface area contributed by atoms with Crippen LogP contribution in [0.15, 0.2) is 192 Å². The van der Waals surface area contributed by atoms with Crippen molar-refractivity contribution >= 4 is 70.5 Å². The average Bonchev–Trinajstić information content (AvgIpc) is 3.79. The number of rotatable bonds is 6. The minimum Gasteiger partial charge on any atom is -0.454 e. The van der Waals surface area contributed by atoms with Gasteiger partial charge in [-0.3, -0.25) is 0 Å². The van der Waals surface area contributed by atoms with Crippen molar-refractivity contribution < 1.29 is 4.42 Å². The third-order valence-corrected chi connectivity index (χ3v) is 11.1. The molecule has 2 heterocycles. The number of fused-ring (bicyclic) bond motifs is 6. The Kier molecular flexibility index (Phi) is 7.04. The van der Waals surface area contributed by atoms with Crippen LogP contribution in [0.4, 0.5) is 17.1 Å². The molecule has 0 aliphatic carbocycles. The number of para-hydroxylation sites is 1. The fourth-order valence-corrected chi connectivity index (χ4v) is 8.73. The Balaban J connectivity index is 1.18. The largest absolute Gasteiger partial charge is 0.454 e. The van der Waals surface area contributed by atoms with Gasteiger partial charge in [0.1, 0.15) is 5.58 Å². The van der Waals surface area contributed by atoms with Crippen molar-refractivity contribution in [2.75, 3.05) is 4.90 Å². The topological polar surface area (TPSA) is 16.4 Å². The summed E-state index contributed by atoms with van der Waals surface area (Å²) >= 11 is 1.87. The Morgan fingerprint density at radius 2 is 1.06 bits per heavy atom. The molecule has 10 rings (SSSR count). The first kappa shape index (κ1) is 29.5. The van der Waals surface area contributed by atoms with Gasteiger partial charge in [0.2, 0.25) is 0 Å². The second kappa shape index (κ2) is 12.2. The lowest BCUT2D eigenvalue weighted by atomic mass is 9.97. The maximum absolute atomic E-state index is 6.81. The first-order valence-electron chi connectivity index (χ1n) is 17.3. The Morgan fingerprint density at radius 1 is 0.412 bits per heavy atom. The summed E-state index contributed by atoms with van der Waals surface area (Å²) in [5, 5.41) is 4.85. The molecule has 0 N–H and O–H groups in total. The molecule has 0 radical (unpaired) electrons. The fourth-order valence-electron chi connectivity index (χ4n) is 7.50. The van der Waals surface area contributed by atoms with Crippen LogP contribution in [-0.4, -0.2) is 0 Å². The molecular weight excluding hydrogens is 639 g/mol. The van der Waals surface area contributed by atoms with E-state index in [1.165, 1.54) is 36.9 Å². The summed E-state index contributed by atoms with van der Waals surface area (Å²) in [6.07, 6.45) is 0. The second-order valence-electron chi connectivity index (χ2n) is 12.9. The van der Waals surface area contributed by atoms with E-state index in [-0.39, 0.29) is 0 Å². The highest BCUT2D eigenvalue weighted by atomic mass is 32.1. The molecule has 2 nitrogen and oxygen atoms in total. The van der Waals surface area contributed by atoms with E-state index in [0.29, 0.717) is 0 Å². The van der Waals surface area contributed by atoms with E-state index >= 15 is 0 Å². The average molecular weight is 670 g/mol. The Morgan fingerprint density at radius 3 is 1.88 bits per heavy atom. The summed E-state index contributed by atoms with van der Waals surface area (Å²) in [6.45, 7) is 0. The fraction of sp³-hybridized carbons (Fsp3) is 0. The van der Waals surface area contributed by atoms with E-state index in [0.717, 1.165) is 55.7 Å². The molecule has 0 atom stereocenters. The first-order chi connectivity index (χ1) is 25.3. The predicted molar refractivity (Wildman–Crippen MR) is 218 cm³/mol. The van der Waals surface area contributed by atoms with Crippen molar-refractivity contribution in [2.45, 2.75) is 0 Å². The molecule has 0 aliphatic rings. The van der Waals surface area contributed by atoms with E-state index in [9.17, 15) is 0 Å². The summed E-state index contributed by atoms with van der Waals surface area (Å²) in [6, 6.07) is 67.2. The van der Waals surface area contributed by atoms with Crippen LogP contribution < -0.4 is 4.90 Å². The zero-order chi connectivity index (χ0) is 33.7. The number of anilines is 3. The van der Waals surface area contributed by atoms with Gasteiger partial charge in [0, 0.05) is 42.3 Å². The molecule has 0 spiro atoms. The highest BCUT2D eigenvalue weighted by Crippen LogP contribution is 2.47. The normalized spacial score (nSPS) is 11.5. The summed E-state index contributed by atoms with van der Waals surface area (Å²) in [7, 11) is 0. The monoisotopic (exact) mass is 669 g/mol. The molecular formula is C48H31NOS. The summed E-state index contributed by atoms with van der Waals surface area (Å²) < 4.78 is 9.45. The molecule has 3 heteroatoms. The molecule has 8 aromatic carbocycles. The molecule has 0 saturated heterocycles. The number of nitrogens with zero attached hydrogens (tertiary/aromatic N) is 1. The van der Waals surface area contributed by atoms with Gasteiger partial charge in [-0.25, -0.2) is 0 Å². The molecule has 0 aliphatic heterocycles. The lowest BCUT2D eigenvalue weighted by molar-refractivity contribution is 0.669. The third kappa shape index (κ3) is 5.01. The molecule has 0 amide bonds. The maximum atomic E-state index is 6.81. The lowest BCUT2D eigenvalue weighted by Gasteiger charge is -2.27. The van der Waals surface area contributed by atoms with Crippen molar-refractivity contribution in [2.24, 2.45) is 0 Å². The SMILES string of the molecule is c1ccc(-c2cccc(N(c3ccc(-c4cccc5c4sc4ccccc45)cc3)c3ccc(-c4ccccc4)c4c3oc3ccccc34)c2)cc1. The van der Waals surface area contributed by atoms with Gasteiger partial charge in [0.25, 0.3) is 0 Å². The van der Waals surface area contributed by atoms with Gasteiger partial charge in [-0.15, -0.1) is 11.3 Å². The number of hydrogen-bond donors (Lipinski definition) is 0. The molecule has 240 valence electrons. The van der Waals surface area contributed by atoms with Crippen LogP contribution in [-0.2, 0) is 0 Å². The van der Waals surface area contributed by atoms with Gasteiger partial charge in [-0.05, 0) is 75.8 Å². The van der Waals surface area contributed by atoms with Crippen LogP contribution in [0, 0.1) is 0 Å². The smallest absolute Gasteiger partial charge is 0.160 e. The van der Waals surface area contributed by atoms with E-state index in [4.69, 9.17) is 4.42 Å². The van der Waals surface area contributed by atoms with Gasteiger partial charge in [0.05, 0.1) is 5.69 Å². The van der Waals surface area contributed by atoms with Crippen LogP contribution in [0.1, 0.15) is 0 Å². The molecule has 0 unspecified atom stereocenters. The van der Waals surface area contributed by atoms with Crippen LogP contribution in [0.5, 0.6) is 0 Å². The first-order valence-corrected chi connectivity index (χ1v) is 18.1. The molecule has 10 aromatic rings. The molecule has 0 fully saturated rings. The van der Waals surface area contributed by atoms with Crippen molar-refractivity contribution in [1.29, 1.82) is 0 Å². The minimum atomic E-state index is 0.863. The van der Waals surface area contributed by atoms with Crippen molar-refractivity contribution in [3.8, 4) is 33.4 Å². The molecule has 0 saturated carbocycles. The van der Waals surface area contributed by atoms with E-state index in [1.807, 2.05) is 17.4 Å². The Labute approximate surface area is 300 Å². The number of hydrogen-bond acceptors (Lipinski definition) is 3. The standard InChI is InChI=1S/C48H31NOS/c1-3-13-32(14-4-1)35-17-11-18-37(31-35)49(36-27-25-34(26-28-36)39-21-12-22-41-40-19-8-10-24-45(40)51-48(39)41)43-30-29-38(33-15-5-2-6-16-33)46-42-20-7-9-23-44(42)50-47(43)46/h1-31H. The summed E-state index contributed by atoms with van der Waals surface area (Å²) in [4.78, 5) is 2.34. The van der Waals surface area contributed by atoms with Crippen LogP contribution >= 0.6 is 11.3 Å². The number of benzene rings is 8. The van der Waals surface area contributed by atoms with Crippen molar-refractivity contribution in [1.82, 2.24) is 0 Å². The van der Waals surface area contributed by atoms with E-state index < -0.39 is 0 Å². The van der Waals surface area contributed by atoms with Gasteiger partial charge < -0.3 is 9.32 Å². The van der Waals surface area contributed by atoms with Gasteiger partial charge >= 0.3 is 0 Å². The summed E-state index contributed by atoms with van der Waals surface area (Å²) in [5.74, 6) is 0.